The topological polar surface area (TPSA) is 29.5 Å². The second kappa shape index (κ2) is 4.23. The molecule has 3 rings (SSSR count). The highest BCUT2D eigenvalue weighted by atomic mass is 19.1. The minimum absolute atomic E-state index is 0.311. The van der Waals surface area contributed by atoms with Crippen LogP contribution in [0.4, 0.5) is 4.39 Å². The van der Waals surface area contributed by atoms with Gasteiger partial charge < -0.3 is 9.84 Å². The highest BCUT2D eigenvalue weighted by Gasteiger charge is 2.39. The van der Waals surface area contributed by atoms with Crippen LogP contribution in [0.5, 0.6) is 5.75 Å². The third-order valence-corrected chi connectivity index (χ3v) is 4.26. The number of rotatable bonds is 2. The van der Waals surface area contributed by atoms with E-state index in [9.17, 15) is 9.50 Å². The van der Waals surface area contributed by atoms with Crippen LogP contribution in [0.1, 0.15) is 50.7 Å². The summed E-state index contributed by atoms with van der Waals surface area (Å²) in [7, 11) is 0. The van der Waals surface area contributed by atoms with E-state index in [2.05, 4.69) is 0 Å². The van der Waals surface area contributed by atoms with Crippen LogP contribution in [0.2, 0.25) is 0 Å². The monoisotopic (exact) mass is 250 g/mol. The minimum atomic E-state index is -0.542. The van der Waals surface area contributed by atoms with E-state index in [0.717, 1.165) is 6.42 Å². The molecule has 1 aliphatic carbocycles. The van der Waals surface area contributed by atoms with Gasteiger partial charge in [-0.3, -0.25) is 0 Å². The Hall–Kier alpha value is -1.09. The molecule has 0 bridgehead atoms. The van der Waals surface area contributed by atoms with E-state index in [1.165, 1.54) is 31.4 Å². The summed E-state index contributed by atoms with van der Waals surface area (Å²) in [6.07, 6.45) is 4.83. The fraction of sp³-hybridized carbons (Fsp3) is 0.600. The molecule has 1 aromatic rings. The maximum absolute atomic E-state index is 13.3. The number of hydrogen-bond donors (Lipinski definition) is 1. The molecule has 1 aromatic carbocycles. The predicted molar refractivity (Wildman–Crippen MR) is 67.0 cm³/mol. The molecular formula is C15H19FO2. The molecule has 2 atom stereocenters. The van der Waals surface area contributed by atoms with Gasteiger partial charge in [-0.1, -0.05) is 19.3 Å². The Morgan fingerprint density at radius 1 is 1.44 bits per heavy atom. The Kier molecular flexibility index (Phi) is 2.81. The summed E-state index contributed by atoms with van der Waals surface area (Å²) >= 11 is 0. The summed E-state index contributed by atoms with van der Waals surface area (Å²) in [4.78, 5) is 0. The molecule has 1 fully saturated rings. The molecule has 98 valence electrons. The zero-order valence-electron chi connectivity index (χ0n) is 10.7. The Morgan fingerprint density at radius 3 is 2.89 bits per heavy atom. The number of aliphatic hydroxyl groups excluding tert-OH is 1. The van der Waals surface area contributed by atoms with Crippen LogP contribution in [-0.4, -0.2) is 10.7 Å². The number of halogens is 1. The Bertz CT molecular complexity index is 456. The lowest BCUT2D eigenvalue weighted by Gasteiger charge is -2.42. The van der Waals surface area contributed by atoms with Gasteiger partial charge >= 0.3 is 0 Å². The number of hydrogen-bond acceptors (Lipinski definition) is 2. The van der Waals surface area contributed by atoms with Gasteiger partial charge in [-0.15, -0.1) is 0 Å². The van der Waals surface area contributed by atoms with Gasteiger partial charge in [0.25, 0.3) is 0 Å². The predicted octanol–water partition coefficient (Wildman–Crippen LogP) is 3.59. The molecular weight excluding hydrogens is 231 g/mol. The minimum Gasteiger partial charge on any atom is -0.487 e. The van der Waals surface area contributed by atoms with Crippen molar-refractivity contribution in [2.75, 3.05) is 0 Å². The quantitative estimate of drug-likeness (QED) is 0.869. The first-order valence-electron chi connectivity index (χ1n) is 6.72. The van der Waals surface area contributed by atoms with E-state index in [0.29, 0.717) is 23.7 Å². The zero-order chi connectivity index (χ0) is 12.8. The Balaban J connectivity index is 1.84. The van der Waals surface area contributed by atoms with Gasteiger partial charge in [-0.05, 0) is 31.4 Å². The van der Waals surface area contributed by atoms with Crippen molar-refractivity contribution in [2.45, 2.75) is 50.7 Å². The number of aliphatic hydroxyl groups is 1. The SMILES string of the molecule is CC1(CC2CCC2)C[C@@H](O)c2ccc(F)cc2O1. The molecule has 1 heterocycles. The third-order valence-electron chi connectivity index (χ3n) is 4.26. The molecule has 0 radical (unpaired) electrons. The first-order chi connectivity index (χ1) is 8.56. The van der Waals surface area contributed by atoms with Gasteiger partial charge in [0.1, 0.15) is 17.2 Å². The largest absolute Gasteiger partial charge is 0.487 e. The maximum atomic E-state index is 13.3. The summed E-state index contributed by atoms with van der Waals surface area (Å²) in [5.74, 6) is 0.904. The molecule has 2 aliphatic rings. The average molecular weight is 250 g/mol. The number of fused-ring (bicyclic) bond motifs is 1. The lowest BCUT2D eigenvalue weighted by Crippen LogP contribution is -2.41. The second-order valence-electron chi connectivity index (χ2n) is 5.96. The van der Waals surface area contributed by atoms with Crippen LogP contribution in [0.3, 0.4) is 0 Å². The van der Waals surface area contributed by atoms with Gasteiger partial charge in [0.2, 0.25) is 0 Å². The van der Waals surface area contributed by atoms with Crippen molar-refractivity contribution in [3.63, 3.8) is 0 Å². The molecule has 1 unspecified atom stereocenters. The highest BCUT2D eigenvalue weighted by Crippen LogP contribution is 2.45. The number of ether oxygens (including phenoxy) is 1. The second-order valence-corrected chi connectivity index (χ2v) is 5.96. The van der Waals surface area contributed by atoms with Crippen molar-refractivity contribution < 1.29 is 14.2 Å². The van der Waals surface area contributed by atoms with Gasteiger partial charge in [0.05, 0.1) is 6.10 Å². The fourth-order valence-corrected chi connectivity index (χ4v) is 3.13. The third kappa shape index (κ3) is 2.12. The van der Waals surface area contributed by atoms with Crippen molar-refractivity contribution in [3.05, 3.63) is 29.6 Å². The normalized spacial score (nSPS) is 31.4. The molecule has 0 spiro atoms. The zero-order valence-corrected chi connectivity index (χ0v) is 10.7. The summed E-state index contributed by atoms with van der Waals surface area (Å²) in [6.45, 7) is 2.03. The lowest BCUT2D eigenvalue weighted by molar-refractivity contribution is -0.0250. The van der Waals surface area contributed by atoms with E-state index in [4.69, 9.17) is 4.74 Å². The van der Waals surface area contributed by atoms with Gasteiger partial charge in [0, 0.05) is 18.1 Å². The van der Waals surface area contributed by atoms with Gasteiger partial charge in [-0.2, -0.15) is 0 Å². The van der Waals surface area contributed by atoms with Crippen LogP contribution in [0.15, 0.2) is 18.2 Å². The molecule has 1 saturated carbocycles. The van der Waals surface area contributed by atoms with Crippen LogP contribution in [0.25, 0.3) is 0 Å². The fourth-order valence-electron chi connectivity index (χ4n) is 3.13. The van der Waals surface area contributed by atoms with Crippen LogP contribution in [-0.2, 0) is 0 Å². The van der Waals surface area contributed by atoms with Crippen molar-refractivity contribution in [1.29, 1.82) is 0 Å². The Morgan fingerprint density at radius 2 is 2.22 bits per heavy atom. The first kappa shape index (κ1) is 12.0. The smallest absolute Gasteiger partial charge is 0.128 e. The van der Waals surface area contributed by atoms with E-state index in [-0.39, 0.29) is 11.4 Å². The van der Waals surface area contributed by atoms with Gasteiger partial charge in [0.15, 0.2) is 0 Å². The van der Waals surface area contributed by atoms with Crippen LogP contribution < -0.4 is 4.74 Å². The van der Waals surface area contributed by atoms with Crippen molar-refractivity contribution in [1.82, 2.24) is 0 Å². The summed E-state index contributed by atoms with van der Waals surface area (Å²) < 4.78 is 19.2. The van der Waals surface area contributed by atoms with E-state index in [1.807, 2.05) is 6.92 Å². The first-order valence-corrected chi connectivity index (χ1v) is 6.72. The maximum Gasteiger partial charge on any atom is 0.128 e. The molecule has 3 heteroatoms. The Labute approximate surface area is 107 Å². The molecule has 2 nitrogen and oxygen atoms in total. The molecule has 0 aromatic heterocycles. The van der Waals surface area contributed by atoms with Crippen molar-refractivity contribution in [2.24, 2.45) is 5.92 Å². The van der Waals surface area contributed by atoms with Crippen molar-refractivity contribution >= 4 is 0 Å². The lowest BCUT2D eigenvalue weighted by atomic mass is 9.75. The summed E-state index contributed by atoms with van der Waals surface area (Å²) in [5, 5.41) is 10.2. The van der Waals surface area contributed by atoms with Crippen LogP contribution in [0, 0.1) is 11.7 Å². The van der Waals surface area contributed by atoms with Gasteiger partial charge in [-0.25, -0.2) is 4.39 Å². The molecule has 0 saturated heterocycles. The summed E-state index contributed by atoms with van der Waals surface area (Å²) in [6, 6.07) is 4.38. The highest BCUT2D eigenvalue weighted by molar-refractivity contribution is 5.38. The van der Waals surface area contributed by atoms with Crippen LogP contribution >= 0.6 is 0 Å². The molecule has 1 aliphatic heterocycles. The van der Waals surface area contributed by atoms with E-state index >= 15 is 0 Å². The summed E-state index contributed by atoms with van der Waals surface area (Å²) in [5.41, 5.74) is 0.355. The van der Waals surface area contributed by atoms with E-state index in [1.54, 1.807) is 6.07 Å². The molecule has 1 N–H and O–H groups in total. The standard InChI is InChI=1S/C15H19FO2/c1-15(8-10-3-2-4-10)9-13(17)12-6-5-11(16)7-14(12)18-15/h5-7,10,13,17H,2-4,8-9H2,1H3/t13-,15?/m1/s1. The number of benzene rings is 1. The molecule has 0 amide bonds. The van der Waals surface area contributed by atoms with E-state index < -0.39 is 6.10 Å². The molecule has 18 heavy (non-hydrogen) atoms. The average Bonchev–Trinajstić information content (AvgIpc) is 2.23. The van der Waals surface area contributed by atoms with Crippen molar-refractivity contribution in [3.8, 4) is 5.75 Å².